The zero-order chi connectivity index (χ0) is 20.3. The van der Waals surface area contributed by atoms with Gasteiger partial charge in [0.15, 0.2) is 0 Å². The summed E-state index contributed by atoms with van der Waals surface area (Å²) in [4.78, 5) is 23.7. The van der Waals surface area contributed by atoms with Gasteiger partial charge >= 0.3 is 12.1 Å². The van der Waals surface area contributed by atoms with E-state index in [0.717, 1.165) is 5.56 Å². The normalized spacial score (nSPS) is 13.6. The maximum atomic E-state index is 12.1. The molecular formula is C21H29NO5. The van der Waals surface area contributed by atoms with E-state index >= 15 is 0 Å². The average Bonchev–Trinajstić information content (AvgIpc) is 2.59. The fourth-order valence-electron chi connectivity index (χ4n) is 2.13. The Balaban J connectivity index is 2.86. The van der Waals surface area contributed by atoms with E-state index in [1.54, 1.807) is 33.8 Å². The highest BCUT2D eigenvalue weighted by molar-refractivity contribution is 5.82. The number of benzene rings is 1. The molecule has 0 spiro atoms. The largest absolute Gasteiger partial charge is 0.463 e. The van der Waals surface area contributed by atoms with Crippen LogP contribution in [0.15, 0.2) is 55.1 Å². The Morgan fingerprint density at radius 2 is 1.89 bits per heavy atom. The molecule has 0 bridgehead atoms. The maximum Gasteiger partial charge on any atom is 0.408 e. The molecule has 1 amide bonds. The van der Waals surface area contributed by atoms with E-state index in [1.807, 2.05) is 30.3 Å². The Bertz CT molecular complexity index is 634. The highest BCUT2D eigenvalue weighted by atomic mass is 16.6. The fourth-order valence-corrected chi connectivity index (χ4v) is 2.13. The lowest BCUT2D eigenvalue weighted by Crippen LogP contribution is -2.44. The van der Waals surface area contributed by atoms with Gasteiger partial charge in [-0.1, -0.05) is 36.4 Å². The molecule has 0 saturated heterocycles. The number of alkyl carbamates (subject to hydrolysis) is 1. The number of carbonyl (C=O) groups excluding carboxylic acids is 2. The number of carbonyl (C=O) groups is 2. The summed E-state index contributed by atoms with van der Waals surface area (Å²) in [7, 11) is 0. The number of nitrogens with one attached hydrogen (secondary N) is 1. The molecule has 148 valence electrons. The second kappa shape index (κ2) is 11.2. The van der Waals surface area contributed by atoms with Gasteiger partial charge in [0.2, 0.25) is 0 Å². The number of rotatable bonds is 9. The molecule has 0 unspecified atom stereocenters. The predicted molar refractivity (Wildman–Crippen MR) is 104 cm³/mol. The third-order valence-corrected chi connectivity index (χ3v) is 3.29. The summed E-state index contributed by atoms with van der Waals surface area (Å²) in [6, 6.07) is 9.00. The third kappa shape index (κ3) is 9.61. The van der Waals surface area contributed by atoms with Crippen LogP contribution in [0, 0.1) is 0 Å². The van der Waals surface area contributed by atoms with Crippen LogP contribution in [0.1, 0.15) is 33.3 Å². The van der Waals surface area contributed by atoms with E-state index in [2.05, 4.69) is 11.9 Å². The van der Waals surface area contributed by atoms with Gasteiger partial charge in [-0.3, -0.25) is 0 Å². The Morgan fingerprint density at radius 1 is 1.22 bits per heavy atom. The minimum absolute atomic E-state index is 0.278. The topological polar surface area (TPSA) is 73.9 Å². The standard InChI is InChI=1S/C21H29NO5/c1-6-17(22-20(24)27-21(3,4)5)18(13-14-19(23)25-7-2)26-15-16-11-9-8-10-12-16/h6,8-14,17-18H,1,7,15H2,2-5H3,(H,22,24)/b14-13+/t17-,18+/m0/s1. The van der Waals surface area contributed by atoms with Gasteiger partial charge in [-0.15, -0.1) is 6.58 Å². The number of esters is 1. The van der Waals surface area contributed by atoms with Crippen LogP contribution in [0.3, 0.4) is 0 Å². The zero-order valence-electron chi connectivity index (χ0n) is 16.4. The molecule has 6 heteroatoms. The van der Waals surface area contributed by atoms with Crippen molar-refractivity contribution in [1.29, 1.82) is 0 Å². The SMILES string of the molecule is C=C[C@H](NC(=O)OC(C)(C)C)[C@@H](/C=C/C(=O)OCC)OCc1ccccc1. The van der Waals surface area contributed by atoms with Crippen LogP contribution in [0.5, 0.6) is 0 Å². The second-order valence-electron chi connectivity index (χ2n) is 6.78. The van der Waals surface area contributed by atoms with Crippen molar-refractivity contribution in [3.8, 4) is 0 Å². The van der Waals surface area contributed by atoms with Gasteiger partial charge in [-0.2, -0.15) is 0 Å². The lowest BCUT2D eigenvalue weighted by Gasteiger charge is -2.26. The van der Waals surface area contributed by atoms with Crippen molar-refractivity contribution in [2.45, 2.75) is 52.0 Å². The van der Waals surface area contributed by atoms with Gasteiger partial charge in [0, 0.05) is 6.08 Å². The summed E-state index contributed by atoms with van der Waals surface area (Å²) < 4.78 is 16.1. The van der Waals surface area contributed by atoms with Crippen molar-refractivity contribution >= 4 is 12.1 Å². The van der Waals surface area contributed by atoms with Crippen LogP contribution in [-0.2, 0) is 25.6 Å². The van der Waals surface area contributed by atoms with Crippen LogP contribution in [0.25, 0.3) is 0 Å². The molecule has 0 fully saturated rings. The van der Waals surface area contributed by atoms with Crippen LogP contribution in [0.2, 0.25) is 0 Å². The molecule has 0 aliphatic rings. The Kier molecular flexibility index (Phi) is 9.30. The molecule has 0 heterocycles. The number of hydrogen-bond acceptors (Lipinski definition) is 5. The zero-order valence-corrected chi connectivity index (χ0v) is 16.4. The molecule has 0 aliphatic heterocycles. The monoisotopic (exact) mass is 375 g/mol. The summed E-state index contributed by atoms with van der Waals surface area (Å²) in [5, 5.41) is 2.71. The fraction of sp³-hybridized carbons (Fsp3) is 0.429. The molecule has 0 saturated carbocycles. The highest BCUT2D eigenvalue weighted by Crippen LogP contribution is 2.11. The maximum absolute atomic E-state index is 12.1. The summed E-state index contributed by atoms with van der Waals surface area (Å²) in [6.45, 7) is 11.4. The van der Waals surface area contributed by atoms with Crippen molar-refractivity contribution in [2.24, 2.45) is 0 Å². The van der Waals surface area contributed by atoms with Crippen molar-refractivity contribution in [2.75, 3.05) is 6.61 Å². The number of amides is 1. The molecule has 0 radical (unpaired) electrons. The molecule has 1 aromatic rings. The van der Waals surface area contributed by atoms with Crippen molar-refractivity contribution in [1.82, 2.24) is 5.32 Å². The molecule has 0 aromatic heterocycles. The first-order valence-corrected chi connectivity index (χ1v) is 8.87. The number of ether oxygens (including phenoxy) is 3. The van der Waals surface area contributed by atoms with E-state index < -0.39 is 29.8 Å². The molecule has 0 aliphatic carbocycles. The first-order valence-electron chi connectivity index (χ1n) is 8.87. The van der Waals surface area contributed by atoms with Crippen molar-refractivity contribution in [3.05, 3.63) is 60.7 Å². The van der Waals surface area contributed by atoms with E-state index in [9.17, 15) is 9.59 Å². The Hall–Kier alpha value is -2.60. The minimum Gasteiger partial charge on any atom is -0.463 e. The van der Waals surface area contributed by atoms with Crippen LogP contribution < -0.4 is 5.32 Å². The first kappa shape index (κ1) is 22.4. The van der Waals surface area contributed by atoms with E-state index in [4.69, 9.17) is 14.2 Å². The second-order valence-corrected chi connectivity index (χ2v) is 6.78. The molecule has 1 aromatic carbocycles. The summed E-state index contributed by atoms with van der Waals surface area (Å²) >= 11 is 0. The minimum atomic E-state index is -0.628. The lowest BCUT2D eigenvalue weighted by atomic mass is 10.1. The average molecular weight is 375 g/mol. The van der Waals surface area contributed by atoms with Gasteiger partial charge in [0.1, 0.15) is 11.7 Å². The van der Waals surface area contributed by atoms with Crippen LogP contribution >= 0.6 is 0 Å². The van der Waals surface area contributed by atoms with Gasteiger partial charge in [0.05, 0.1) is 19.3 Å². The van der Waals surface area contributed by atoms with Crippen LogP contribution in [-0.4, -0.2) is 36.4 Å². The smallest absolute Gasteiger partial charge is 0.408 e. The van der Waals surface area contributed by atoms with Crippen molar-refractivity contribution in [3.63, 3.8) is 0 Å². The molecule has 2 atom stereocenters. The van der Waals surface area contributed by atoms with E-state index in [0.29, 0.717) is 6.61 Å². The van der Waals surface area contributed by atoms with Crippen LogP contribution in [0.4, 0.5) is 4.79 Å². The molecule has 1 rings (SSSR count). The Morgan fingerprint density at radius 3 is 2.44 bits per heavy atom. The van der Waals surface area contributed by atoms with Crippen molar-refractivity contribution < 1.29 is 23.8 Å². The van der Waals surface area contributed by atoms with Gasteiger partial charge < -0.3 is 19.5 Å². The summed E-state index contributed by atoms with van der Waals surface area (Å²) in [6.07, 6.45) is 3.15. The molecular weight excluding hydrogens is 346 g/mol. The Labute approximate surface area is 161 Å². The summed E-state index contributed by atoms with van der Waals surface area (Å²) in [5.74, 6) is -0.481. The highest BCUT2D eigenvalue weighted by Gasteiger charge is 2.23. The quantitative estimate of drug-likeness (QED) is 0.404. The van der Waals surface area contributed by atoms with Gasteiger partial charge in [0.25, 0.3) is 0 Å². The van der Waals surface area contributed by atoms with Gasteiger partial charge in [-0.05, 0) is 39.3 Å². The predicted octanol–water partition coefficient (Wildman–Crippen LogP) is 3.77. The summed E-state index contributed by atoms with van der Waals surface area (Å²) in [5.41, 5.74) is 0.337. The lowest BCUT2D eigenvalue weighted by molar-refractivity contribution is -0.137. The van der Waals surface area contributed by atoms with Gasteiger partial charge in [-0.25, -0.2) is 9.59 Å². The molecule has 6 nitrogen and oxygen atoms in total. The van der Waals surface area contributed by atoms with E-state index in [1.165, 1.54) is 12.2 Å². The number of hydrogen-bond donors (Lipinski definition) is 1. The molecule has 27 heavy (non-hydrogen) atoms. The van der Waals surface area contributed by atoms with E-state index in [-0.39, 0.29) is 6.61 Å². The third-order valence-electron chi connectivity index (χ3n) is 3.29. The molecule has 1 N–H and O–H groups in total. The first-order chi connectivity index (χ1) is 12.7.